The number of anilines is 2. The van der Waals surface area contributed by atoms with Crippen molar-refractivity contribution in [3.63, 3.8) is 0 Å². The van der Waals surface area contributed by atoms with Gasteiger partial charge in [0.2, 0.25) is 15.9 Å². The van der Waals surface area contributed by atoms with Crippen LogP contribution in [0.2, 0.25) is 10.0 Å². The number of nitrogens with zero attached hydrogens (tertiary/aromatic N) is 1. The van der Waals surface area contributed by atoms with E-state index in [0.29, 0.717) is 11.6 Å². The lowest BCUT2D eigenvalue weighted by atomic mass is 10.0. The van der Waals surface area contributed by atoms with Crippen molar-refractivity contribution in [2.45, 2.75) is 19.8 Å². The smallest absolute Gasteiger partial charge is 0.245 e. The fraction of sp³-hybridized carbons (Fsp3) is 0.278. The number of rotatable bonds is 6. The van der Waals surface area contributed by atoms with E-state index < -0.39 is 22.5 Å². The van der Waals surface area contributed by atoms with E-state index in [1.165, 1.54) is 6.07 Å². The van der Waals surface area contributed by atoms with E-state index >= 15 is 0 Å². The molecule has 0 spiro atoms. The highest BCUT2D eigenvalue weighted by atomic mass is 35.5. The minimum Gasteiger partial charge on any atom is -0.325 e. The monoisotopic (exact) mass is 414 g/mol. The van der Waals surface area contributed by atoms with Crippen LogP contribution in [0.5, 0.6) is 0 Å². The van der Waals surface area contributed by atoms with Gasteiger partial charge < -0.3 is 5.32 Å². The Bertz CT molecular complexity index is 897. The first kappa shape index (κ1) is 20.6. The predicted octanol–water partition coefficient (Wildman–Crippen LogP) is 4.52. The molecule has 0 saturated carbocycles. The molecule has 2 aromatic carbocycles. The van der Waals surface area contributed by atoms with Crippen LogP contribution in [0.15, 0.2) is 42.5 Å². The number of halogens is 2. The number of sulfonamides is 1. The van der Waals surface area contributed by atoms with E-state index in [2.05, 4.69) is 19.2 Å². The number of carbonyl (C=O) groups is 1. The second kappa shape index (κ2) is 8.29. The molecule has 140 valence electrons. The quantitative estimate of drug-likeness (QED) is 0.754. The Balaban J connectivity index is 2.21. The molecule has 0 radical (unpaired) electrons. The zero-order valence-electron chi connectivity index (χ0n) is 14.7. The maximum Gasteiger partial charge on any atom is 0.245 e. The number of benzene rings is 2. The number of nitrogens with one attached hydrogen (secondary N) is 1. The second-order valence-electron chi connectivity index (χ2n) is 6.17. The van der Waals surface area contributed by atoms with Crippen LogP contribution in [0.4, 0.5) is 11.4 Å². The van der Waals surface area contributed by atoms with Gasteiger partial charge >= 0.3 is 0 Å². The van der Waals surface area contributed by atoms with Crippen molar-refractivity contribution >= 4 is 50.5 Å². The normalized spacial score (nSPS) is 11.5. The minimum atomic E-state index is -3.73. The average molecular weight is 415 g/mol. The zero-order valence-corrected chi connectivity index (χ0v) is 17.0. The van der Waals surface area contributed by atoms with Crippen LogP contribution in [0.1, 0.15) is 25.3 Å². The molecular formula is C18H20Cl2N2O3S. The number of carbonyl (C=O) groups excluding carboxylic acids is 1. The Morgan fingerprint density at radius 3 is 2.27 bits per heavy atom. The van der Waals surface area contributed by atoms with Crippen molar-refractivity contribution < 1.29 is 13.2 Å². The minimum absolute atomic E-state index is 0.0775. The molecule has 0 atom stereocenters. The van der Waals surface area contributed by atoms with Crippen LogP contribution >= 0.6 is 23.2 Å². The Kier molecular flexibility index (Phi) is 6.55. The SMILES string of the molecule is CC(C)c1ccc(NC(=O)CN(c2cccc(Cl)c2Cl)S(C)(=O)=O)cc1. The van der Waals surface area contributed by atoms with Crippen molar-refractivity contribution in [3.05, 3.63) is 58.1 Å². The third-order valence-electron chi connectivity index (χ3n) is 3.75. The molecule has 0 unspecified atom stereocenters. The van der Waals surface area contributed by atoms with E-state index in [4.69, 9.17) is 23.2 Å². The third kappa shape index (κ3) is 5.13. The molecule has 1 amide bonds. The van der Waals surface area contributed by atoms with Gasteiger partial charge in [-0.2, -0.15) is 0 Å². The molecule has 26 heavy (non-hydrogen) atoms. The van der Waals surface area contributed by atoms with Gasteiger partial charge in [0.1, 0.15) is 6.54 Å². The van der Waals surface area contributed by atoms with E-state index in [1.807, 2.05) is 12.1 Å². The van der Waals surface area contributed by atoms with Crippen LogP contribution in [0, 0.1) is 0 Å². The van der Waals surface area contributed by atoms with Gasteiger partial charge in [-0.05, 0) is 35.7 Å². The second-order valence-corrected chi connectivity index (χ2v) is 8.86. The summed E-state index contributed by atoms with van der Waals surface area (Å²) in [6, 6.07) is 12.0. The van der Waals surface area contributed by atoms with E-state index in [-0.39, 0.29) is 15.7 Å². The average Bonchev–Trinajstić information content (AvgIpc) is 2.55. The molecule has 0 fully saturated rings. The summed E-state index contributed by atoms with van der Waals surface area (Å²) in [4.78, 5) is 12.4. The van der Waals surface area contributed by atoms with Crippen LogP contribution < -0.4 is 9.62 Å². The summed E-state index contributed by atoms with van der Waals surface area (Å²) in [5, 5.41) is 2.98. The lowest BCUT2D eigenvalue weighted by molar-refractivity contribution is -0.114. The Morgan fingerprint density at radius 1 is 1.12 bits per heavy atom. The summed E-state index contributed by atoms with van der Waals surface area (Å²) in [6.45, 7) is 3.74. The lowest BCUT2D eigenvalue weighted by Crippen LogP contribution is -2.37. The number of amides is 1. The van der Waals surface area contributed by atoms with Gasteiger partial charge in [-0.3, -0.25) is 9.10 Å². The van der Waals surface area contributed by atoms with Gasteiger partial charge in [-0.15, -0.1) is 0 Å². The summed E-state index contributed by atoms with van der Waals surface area (Å²) < 4.78 is 25.2. The van der Waals surface area contributed by atoms with Crippen molar-refractivity contribution in [2.24, 2.45) is 0 Å². The molecule has 8 heteroatoms. The van der Waals surface area contributed by atoms with Crippen molar-refractivity contribution in [2.75, 3.05) is 22.4 Å². The number of hydrogen-bond donors (Lipinski definition) is 1. The molecule has 2 aromatic rings. The molecule has 0 heterocycles. The summed E-state index contributed by atoms with van der Waals surface area (Å²) in [5.41, 5.74) is 1.89. The first-order valence-corrected chi connectivity index (χ1v) is 10.5. The van der Waals surface area contributed by atoms with Crippen LogP contribution in [0.3, 0.4) is 0 Å². The molecule has 0 bridgehead atoms. The number of hydrogen-bond acceptors (Lipinski definition) is 3. The molecular weight excluding hydrogens is 395 g/mol. The summed E-state index contributed by atoms with van der Waals surface area (Å²) in [5.74, 6) is -0.103. The largest absolute Gasteiger partial charge is 0.325 e. The van der Waals surface area contributed by atoms with E-state index in [0.717, 1.165) is 16.1 Å². The van der Waals surface area contributed by atoms with Gasteiger partial charge in [0, 0.05) is 5.69 Å². The highest BCUT2D eigenvalue weighted by Gasteiger charge is 2.24. The molecule has 0 aliphatic heterocycles. The maximum absolute atomic E-state index is 12.4. The van der Waals surface area contributed by atoms with Gasteiger partial charge in [0.25, 0.3) is 0 Å². The maximum atomic E-state index is 12.4. The first-order valence-electron chi connectivity index (χ1n) is 7.91. The highest BCUT2D eigenvalue weighted by molar-refractivity contribution is 7.92. The Morgan fingerprint density at radius 2 is 1.73 bits per heavy atom. The standard InChI is InChI=1S/C18H20Cl2N2O3S/c1-12(2)13-7-9-14(10-8-13)21-17(23)11-22(26(3,24)25)16-6-4-5-15(19)18(16)20/h4-10,12H,11H2,1-3H3,(H,21,23). The van der Waals surface area contributed by atoms with Gasteiger partial charge in [0.05, 0.1) is 22.0 Å². The third-order valence-corrected chi connectivity index (χ3v) is 5.68. The highest BCUT2D eigenvalue weighted by Crippen LogP contribution is 2.33. The van der Waals surface area contributed by atoms with Crippen molar-refractivity contribution in [3.8, 4) is 0 Å². The van der Waals surface area contributed by atoms with Gasteiger partial charge in [-0.1, -0.05) is 55.2 Å². The first-order chi connectivity index (χ1) is 12.1. The molecule has 5 nitrogen and oxygen atoms in total. The fourth-order valence-corrected chi connectivity index (χ4v) is 3.66. The van der Waals surface area contributed by atoms with Gasteiger partial charge in [0.15, 0.2) is 0 Å². The predicted molar refractivity (Wildman–Crippen MR) is 108 cm³/mol. The van der Waals surface area contributed by atoms with Crippen LogP contribution in [-0.4, -0.2) is 27.1 Å². The molecule has 0 aliphatic rings. The Labute approximate surface area is 164 Å². The van der Waals surface area contributed by atoms with Crippen molar-refractivity contribution in [1.82, 2.24) is 0 Å². The topological polar surface area (TPSA) is 66.5 Å². The molecule has 2 rings (SSSR count). The zero-order chi connectivity index (χ0) is 19.5. The van der Waals surface area contributed by atoms with Gasteiger partial charge in [-0.25, -0.2) is 8.42 Å². The van der Waals surface area contributed by atoms with Crippen LogP contribution in [-0.2, 0) is 14.8 Å². The van der Waals surface area contributed by atoms with E-state index in [1.54, 1.807) is 24.3 Å². The van der Waals surface area contributed by atoms with Crippen molar-refractivity contribution in [1.29, 1.82) is 0 Å². The fourth-order valence-electron chi connectivity index (χ4n) is 2.35. The summed E-state index contributed by atoms with van der Waals surface area (Å²) in [7, 11) is -3.73. The summed E-state index contributed by atoms with van der Waals surface area (Å²) >= 11 is 12.1. The van der Waals surface area contributed by atoms with E-state index in [9.17, 15) is 13.2 Å². The molecule has 0 aromatic heterocycles. The lowest BCUT2D eigenvalue weighted by Gasteiger charge is -2.23. The molecule has 0 saturated heterocycles. The molecule has 0 aliphatic carbocycles. The summed E-state index contributed by atoms with van der Waals surface area (Å²) in [6.07, 6.45) is 1.01. The molecule has 1 N–H and O–H groups in total. The van der Waals surface area contributed by atoms with Crippen LogP contribution in [0.25, 0.3) is 0 Å². The Hall–Kier alpha value is -1.76.